The highest BCUT2D eigenvalue weighted by molar-refractivity contribution is 5.92. The van der Waals surface area contributed by atoms with Crippen molar-refractivity contribution in [1.82, 2.24) is 0 Å². The van der Waals surface area contributed by atoms with E-state index in [4.69, 9.17) is 15.2 Å². The van der Waals surface area contributed by atoms with Crippen LogP contribution in [0.1, 0.15) is 23.2 Å². The molecule has 0 radical (unpaired) electrons. The standard InChI is InChI=1S/C14H18N2O3/c1-18-14(17)8-2-3-11(15)12(6-8)16-13-7-19-10-4-9(13)5-10/h2-3,6,9-10,13,16H,4-5,7,15H2,1H3. The molecule has 2 saturated heterocycles. The molecule has 1 aromatic rings. The summed E-state index contributed by atoms with van der Waals surface area (Å²) in [4.78, 5) is 11.5. The Morgan fingerprint density at radius 2 is 2.26 bits per heavy atom. The maximum atomic E-state index is 11.5. The summed E-state index contributed by atoms with van der Waals surface area (Å²) in [5, 5.41) is 3.40. The number of ether oxygens (including phenoxy) is 2. The van der Waals surface area contributed by atoms with E-state index in [1.807, 2.05) is 0 Å². The van der Waals surface area contributed by atoms with E-state index >= 15 is 0 Å². The second-order valence-electron chi connectivity index (χ2n) is 5.23. The predicted molar refractivity (Wildman–Crippen MR) is 72.1 cm³/mol. The molecule has 5 nitrogen and oxygen atoms in total. The first-order valence-corrected chi connectivity index (χ1v) is 6.53. The van der Waals surface area contributed by atoms with Crippen molar-refractivity contribution in [3.05, 3.63) is 23.8 Å². The van der Waals surface area contributed by atoms with Crippen LogP contribution in [0.15, 0.2) is 18.2 Å². The molecule has 19 heavy (non-hydrogen) atoms. The lowest BCUT2D eigenvalue weighted by molar-refractivity contribution is -0.0966. The van der Waals surface area contributed by atoms with Crippen LogP contribution in [0.3, 0.4) is 0 Å². The van der Waals surface area contributed by atoms with Gasteiger partial charge in [-0.3, -0.25) is 0 Å². The fourth-order valence-corrected chi connectivity index (χ4v) is 2.73. The maximum absolute atomic E-state index is 11.5. The molecule has 5 heteroatoms. The second kappa shape index (κ2) is 4.74. The maximum Gasteiger partial charge on any atom is 0.337 e. The van der Waals surface area contributed by atoms with Gasteiger partial charge in [-0.05, 0) is 37.0 Å². The van der Waals surface area contributed by atoms with E-state index in [0.29, 0.717) is 29.9 Å². The topological polar surface area (TPSA) is 73.6 Å². The van der Waals surface area contributed by atoms with Gasteiger partial charge in [0, 0.05) is 0 Å². The van der Waals surface area contributed by atoms with E-state index in [9.17, 15) is 4.79 Å². The summed E-state index contributed by atoms with van der Waals surface area (Å²) in [5.74, 6) is 0.298. The third kappa shape index (κ3) is 2.26. The van der Waals surface area contributed by atoms with Crippen LogP contribution in [0.5, 0.6) is 0 Å². The molecule has 2 heterocycles. The number of hydrogen-bond acceptors (Lipinski definition) is 5. The van der Waals surface area contributed by atoms with Crippen molar-refractivity contribution in [3.63, 3.8) is 0 Å². The molecule has 1 atom stereocenters. The number of carbonyl (C=O) groups is 1. The lowest BCUT2D eigenvalue weighted by atomic mass is 9.75. The molecule has 3 fully saturated rings. The first-order valence-electron chi connectivity index (χ1n) is 6.53. The van der Waals surface area contributed by atoms with Crippen molar-refractivity contribution in [2.24, 2.45) is 5.92 Å². The Morgan fingerprint density at radius 3 is 2.89 bits per heavy atom. The third-order valence-corrected chi connectivity index (χ3v) is 4.03. The second-order valence-corrected chi connectivity index (χ2v) is 5.23. The molecule has 0 amide bonds. The van der Waals surface area contributed by atoms with Gasteiger partial charge < -0.3 is 20.5 Å². The number of fused-ring (bicyclic) bond motifs is 2. The molecule has 2 bridgehead atoms. The van der Waals surface area contributed by atoms with Crippen LogP contribution in [0.25, 0.3) is 0 Å². The average Bonchev–Trinajstić information content (AvgIpc) is 2.39. The van der Waals surface area contributed by atoms with Crippen LogP contribution < -0.4 is 11.1 Å². The van der Waals surface area contributed by atoms with Crippen molar-refractivity contribution in [2.45, 2.75) is 25.0 Å². The van der Waals surface area contributed by atoms with Gasteiger partial charge in [0.25, 0.3) is 0 Å². The lowest BCUT2D eigenvalue weighted by Gasteiger charge is -2.46. The van der Waals surface area contributed by atoms with Crippen LogP contribution in [0.2, 0.25) is 0 Å². The molecule has 2 aliphatic heterocycles. The number of nitrogens with one attached hydrogen (secondary N) is 1. The third-order valence-electron chi connectivity index (χ3n) is 4.03. The fourth-order valence-electron chi connectivity index (χ4n) is 2.73. The number of carbonyl (C=O) groups excluding carboxylic acids is 1. The summed E-state index contributed by atoms with van der Waals surface area (Å²) in [7, 11) is 1.37. The van der Waals surface area contributed by atoms with Crippen molar-refractivity contribution < 1.29 is 14.3 Å². The summed E-state index contributed by atoms with van der Waals surface area (Å²) in [6.45, 7) is 0.706. The molecule has 3 N–H and O–H groups in total. The lowest BCUT2D eigenvalue weighted by Crippen LogP contribution is -2.51. The molecule has 102 valence electrons. The number of benzene rings is 1. The molecule has 4 rings (SSSR count). The zero-order chi connectivity index (χ0) is 13.4. The van der Waals surface area contributed by atoms with Gasteiger partial charge in [-0.15, -0.1) is 0 Å². The minimum absolute atomic E-state index is 0.278. The highest BCUT2D eigenvalue weighted by Gasteiger charge is 2.41. The van der Waals surface area contributed by atoms with Gasteiger partial charge in [0.15, 0.2) is 0 Å². The first-order chi connectivity index (χ1) is 9.17. The highest BCUT2D eigenvalue weighted by Crippen LogP contribution is 2.39. The minimum Gasteiger partial charge on any atom is -0.465 e. The number of esters is 1. The number of methoxy groups -OCH3 is 1. The first kappa shape index (κ1) is 12.3. The highest BCUT2D eigenvalue weighted by atomic mass is 16.5. The summed E-state index contributed by atoms with van der Waals surface area (Å²) < 4.78 is 10.4. The molecule has 1 saturated carbocycles. The van der Waals surface area contributed by atoms with Gasteiger partial charge in [0.05, 0.1) is 42.8 Å². The Hall–Kier alpha value is -1.75. The summed E-state index contributed by atoms with van der Waals surface area (Å²) in [6.07, 6.45) is 2.70. The summed E-state index contributed by atoms with van der Waals surface area (Å²) in [6, 6.07) is 5.41. The van der Waals surface area contributed by atoms with Crippen LogP contribution in [0.4, 0.5) is 11.4 Å². The number of rotatable bonds is 3. The van der Waals surface area contributed by atoms with Crippen molar-refractivity contribution >= 4 is 17.3 Å². The Kier molecular flexibility index (Phi) is 3.06. The molecule has 3 aliphatic rings. The van der Waals surface area contributed by atoms with Gasteiger partial charge in [-0.2, -0.15) is 0 Å². The Morgan fingerprint density at radius 1 is 1.47 bits per heavy atom. The summed E-state index contributed by atoms with van der Waals surface area (Å²) in [5.41, 5.74) is 7.87. The monoisotopic (exact) mass is 262 g/mol. The number of hydrogen-bond donors (Lipinski definition) is 2. The van der Waals surface area contributed by atoms with E-state index in [-0.39, 0.29) is 12.0 Å². The van der Waals surface area contributed by atoms with Crippen LogP contribution >= 0.6 is 0 Å². The molecule has 1 unspecified atom stereocenters. The zero-order valence-electron chi connectivity index (χ0n) is 10.9. The van der Waals surface area contributed by atoms with E-state index in [1.165, 1.54) is 7.11 Å². The summed E-state index contributed by atoms with van der Waals surface area (Å²) >= 11 is 0. The average molecular weight is 262 g/mol. The van der Waals surface area contributed by atoms with E-state index in [2.05, 4.69) is 5.32 Å². The van der Waals surface area contributed by atoms with E-state index < -0.39 is 0 Å². The van der Waals surface area contributed by atoms with Crippen LogP contribution in [-0.4, -0.2) is 31.8 Å². The van der Waals surface area contributed by atoms with Gasteiger partial charge in [0.1, 0.15) is 0 Å². The smallest absolute Gasteiger partial charge is 0.337 e. The van der Waals surface area contributed by atoms with Crippen LogP contribution in [0, 0.1) is 5.92 Å². The number of nitrogens with two attached hydrogens (primary N) is 1. The molecular weight excluding hydrogens is 244 g/mol. The Labute approximate surface area is 112 Å². The van der Waals surface area contributed by atoms with E-state index in [0.717, 1.165) is 18.5 Å². The van der Waals surface area contributed by atoms with Crippen molar-refractivity contribution in [2.75, 3.05) is 24.8 Å². The van der Waals surface area contributed by atoms with Gasteiger partial charge in [-0.25, -0.2) is 4.79 Å². The predicted octanol–water partition coefficient (Wildman–Crippen LogP) is 1.64. The molecule has 1 aliphatic carbocycles. The van der Waals surface area contributed by atoms with Crippen molar-refractivity contribution in [1.29, 1.82) is 0 Å². The van der Waals surface area contributed by atoms with Gasteiger partial charge in [0.2, 0.25) is 0 Å². The zero-order valence-corrected chi connectivity index (χ0v) is 10.9. The van der Waals surface area contributed by atoms with Gasteiger partial charge in [-0.1, -0.05) is 0 Å². The number of nitrogen functional groups attached to an aromatic ring is 1. The largest absolute Gasteiger partial charge is 0.465 e. The molecule has 1 aromatic carbocycles. The van der Waals surface area contributed by atoms with Gasteiger partial charge >= 0.3 is 5.97 Å². The SMILES string of the molecule is COC(=O)c1ccc(N)c(NC2COC3CC2C3)c1. The Balaban J connectivity index is 1.77. The normalized spacial score (nSPS) is 28.4. The fraction of sp³-hybridized carbons (Fsp3) is 0.500. The van der Waals surface area contributed by atoms with Crippen molar-refractivity contribution in [3.8, 4) is 0 Å². The molecule has 0 aromatic heterocycles. The quantitative estimate of drug-likeness (QED) is 0.640. The van der Waals surface area contributed by atoms with Crippen LogP contribution in [-0.2, 0) is 9.47 Å². The minimum atomic E-state index is -0.355. The Bertz CT molecular complexity index is 495. The molecular formula is C14H18N2O3. The number of anilines is 2. The molecule has 0 spiro atoms. The van der Waals surface area contributed by atoms with E-state index in [1.54, 1.807) is 18.2 Å².